The molecule has 1 aromatic rings. The number of fused-ring (bicyclic) bond motifs is 1. The topological polar surface area (TPSA) is 66.4 Å². The van der Waals surface area contributed by atoms with Crippen molar-refractivity contribution in [1.82, 2.24) is 5.32 Å². The highest BCUT2D eigenvalue weighted by atomic mass is 32.1. The molecular weight excluding hydrogens is 286 g/mol. The van der Waals surface area contributed by atoms with E-state index >= 15 is 0 Å². The van der Waals surface area contributed by atoms with E-state index in [4.69, 9.17) is 0 Å². The van der Waals surface area contributed by atoms with Crippen LogP contribution in [0.1, 0.15) is 54.9 Å². The van der Waals surface area contributed by atoms with Crippen molar-refractivity contribution in [3.8, 4) is 0 Å². The van der Waals surface area contributed by atoms with Crippen LogP contribution in [0.5, 0.6) is 0 Å². The minimum Gasteiger partial charge on any atom is -0.481 e. The molecule has 5 heteroatoms. The standard InChI is InChI=1S/C16H21NO3S/c18-14(12-4-3-5-13-11(12)6-9-21-13)17-10-16(15(19)20)7-1-2-8-16/h6,9,12H,1-5,7-8,10H2,(H,17,18)(H,19,20). The Morgan fingerprint density at radius 3 is 2.81 bits per heavy atom. The van der Waals surface area contributed by atoms with Crippen LogP contribution in [0.4, 0.5) is 0 Å². The minimum atomic E-state index is -0.764. The number of nitrogens with one attached hydrogen (secondary N) is 1. The van der Waals surface area contributed by atoms with Crippen LogP contribution in [-0.4, -0.2) is 23.5 Å². The molecule has 1 unspecified atom stereocenters. The predicted molar refractivity (Wildman–Crippen MR) is 81.5 cm³/mol. The van der Waals surface area contributed by atoms with Crippen LogP contribution < -0.4 is 5.32 Å². The predicted octanol–water partition coefficient (Wildman–Crippen LogP) is 2.93. The van der Waals surface area contributed by atoms with Gasteiger partial charge in [0, 0.05) is 11.4 Å². The van der Waals surface area contributed by atoms with E-state index in [1.165, 1.54) is 4.88 Å². The summed E-state index contributed by atoms with van der Waals surface area (Å²) in [5.41, 5.74) is 0.418. The Morgan fingerprint density at radius 1 is 1.33 bits per heavy atom. The molecule has 0 aromatic carbocycles. The summed E-state index contributed by atoms with van der Waals surface area (Å²) in [6.07, 6.45) is 6.22. The summed E-state index contributed by atoms with van der Waals surface area (Å²) in [5.74, 6) is -0.853. The fourth-order valence-corrected chi connectivity index (χ4v) is 4.64. The lowest BCUT2D eigenvalue weighted by Gasteiger charge is -2.27. The molecular formula is C16H21NO3S. The SMILES string of the molecule is O=C(NCC1(C(=O)O)CCCC1)C1CCCc2sccc21. The minimum absolute atomic E-state index is 0.00174. The zero-order chi connectivity index (χ0) is 14.9. The van der Waals surface area contributed by atoms with Crippen molar-refractivity contribution >= 4 is 23.2 Å². The number of amides is 1. The average molecular weight is 307 g/mol. The van der Waals surface area contributed by atoms with Crippen molar-refractivity contribution in [2.45, 2.75) is 50.9 Å². The van der Waals surface area contributed by atoms with Gasteiger partial charge in [0.1, 0.15) is 0 Å². The third-order valence-corrected chi connectivity index (χ3v) is 5.98. The molecule has 114 valence electrons. The lowest BCUT2D eigenvalue weighted by atomic mass is 9.84. The summed E-state index contributed by atoms with van der Waals surface area (Å²) in [6.45, 7) is 0.275. The van der Waals surface area contributed by atoms with Crippen LogP contribution in [-0.2, 0) is 16.0 Å². The Bertz CT molecular complexity index is 545. The van der Waals surface area contributed by atoms with Crippen molar-refractivity contribution in [3.63, 3.8) is 0 Å². The van der Waals surface area contributed by atoms with Gasteiger partial charge >= 0.3 is 5.97 Å². The molecule has 0 spiro atoms. The van der Waals surface area contributed by atoms with E-state index in [-0.39, 0.29) is 18.4 Å². The van der Waals surface area contributed by atoms with Gasteiger partial charge in [-0.25, -0.2) is 0 Å². The maximum Gasteiger partial charge on any atom is 0.311 e. The largest absolute Gasteiger partial charge is 0.481 e. The lowest BCUT2D eigenvalue weighted by Crippen LogP contribution is -2.43. The third kappa shape index (κ3) is 2.71. The Hall–Kier alpha value is -1.36. The second kappa shape index (κ2) is 5.79. The van der Waals surface area contributed by atoms with Gasteiger partial charge in [-0.2, -0.15) is 0 Å². The molecule has 0 bridgehead atoms. The summed E-state index contributed by atoms with van der Waals surface area (Å²) in [4.78, 5) is 25.3. The lowest BCUT2D eigenvalue weighted by molar-refractivity contribution is -0.148. The van der Waals surface area contributed by atoms with E-state index in [1.54, 1.807) is 11.3 Å². The second-order valence-corrected chi connectivity index (χ2v) is 7.25. The van der Waals surface area contributed by atoms with Gasteiger partial charge in [0.2, 0.25) is 5.91 Å². The number of rotatable bonds is 4. The molecule has 1 aromatic heterocycles. The fourth-order valence-electron chi connectivity index (χ4n) is 3.66. The number of hydrogen-bond acceptors (Lipinski definition) is 3. The Balaban J connectivity index is 1.67. The molecule has 0 radical (unpaired) electrons. The van der Waals surface area contributed by atoms with Crippen LogP contribution in [0.25, 0.3) is 0 Å². The Morgan fingerprint density at radius 2 is 2.10 bits per heavy atom. The normalized spacial score (nSPS) is 23.5. The van der Waals surface area contributed by atoms with Crippen molar-refractivity contribution in [3.05, 3.63) is 21.9 Å². The molecule has 2 N–H and O–H groups in total. The highest BCUT2D eigenvalue weighted by Gasteiger charge is 2.42. The van der Waals surface area contributed by atoms with Gasteiger partial charge in [-0.15, -0.1) is 11.3 Å². The second-order valence-electron chi connectivity index (χ2n) is 6.25. The third-order valence-electron chi connectivity index (χ3n) is 4.98. The van der Waals surface area contributed by atoms with Crippen LogP contribution in [0.3, 0.4) is 0 Å². The van der Waals surface area contributed by atoms with E-state index in [1.807, 2.05) is 11.4 Å². The highest BCUT2D eigenvalue weighted by Crippen LogP contribution is 2.39. The van der Waals surface area contributed by atoms with Crippen molar-refractivity contribution < 1.29 is 14.7 Å². The number of aliphatic carboxylic acids is 1. The average Bonchev–Trinajstić information content (AvgIpc) is 3.13. The molecule has 2 aliphatic carbocycles. The van der Waals surface area contributed by atoms with Crippen molar-refractivity contribution in [1.29, 1.82) is 0 Å². The van der Waals surface area contributed by atoms with Crippen LogP contribution in [0, 0.1) is 5.41 Å². The van der Waals surface area contributed by atoms with Gasteiger partial charge in [0.05, 0.1) is 11.3 Å². The number of carbonyl (C=O) groups is 2. The molecule has 1 atom stereocenters. The maximum atomic E-state index is 12.5. The molecule has 0 saturated heterocycles. The molecule has 1 saturated carbocycles. The molecule has 2 aliphatic rings. The van der Waals surface area contributed by atoms with Gasteiger partial charge in [-0.3, -0.25) is 9.59 Å². The summed E-state index contributed by atoms with van der Waals surface area (Å²) in [5, 5.41) is 14.4. The number of hydrogen-bond donors (Lipinski definition) is 2. The molecule has 1 heterocycles. The summed E-state index contributed by atoms with van der Waals surface area (Å²) >= 11 is 1.72. The van der Waals surface area contributed by atoms with E-state index in [2.05, 4.69) is 5.32 Å². The van der Waals surface area contributed by atoms with Gasteiger partial charge in [0.25, 0.3) is 0 Å². The fraction of sp³-hybridized carbons (Fsp3) is 0.625. The monoisotopic (exact) mass is 307 g/mol. The van der Waals surface area contributed by atoms with Crippen LogP contribution in [0.2, 0.25) is 0 Å². The van der Waals surface area contributed by atoms with Crippen LogP contribution >= 0.6 is 11.3 Å². The number of aryl methyl sites for hydroxylation is 1. The van der Waals surface area contributed by atoms with Crippen molar-refractivity contribution in [2.24, 2.45) is 5.41 Å². The number of thiophene rings is 1. The first-order chi connectivity index (χ1) is 10.1. The first-order valence-electron chi connectivity index (χ1n) is 7.70. The Labute approximate surface area is 128 Å². The van der Waals surface area contributed by atoms with Gasteiger partial charge in [0.15, 0.2) is 0 Å². The number of carboxylic acid groups (broad SMARTS) is 1. The molecule has 4 nitrogen and oxygen atoms in total. The van der Waals surface area contributed by atoms with Gasteiger partial charge < -0.3 is 10.4 Å². The molecule has 1 amide bonds. The molecule has 21 heavy (non-hydrogen) atoms. The number of carbonyl (C=O) groups excluding carboxylic acids is 1. The zero-order valence-electron chi connectivity index (χ0n) is 12.1. The van der Waals surface area contributed by atoms with E-state index in [0.717, 1.165) is 37.7 Å². The molecule has 0 aliphatic heterocycles. The first kappa shape index (κ1) is 14.6. The smallest absolute Gasteiger partial charge is 0.311 e. The first-order valence-corrected chi connectivity index (χ1v) is 8.58. The molecule has 3 rings (SSSR count). The number of carboxylic acids is 1. The van der Waals surface area contributed by atoms with Gasteiger partial charge in [-0.05, 0) is 49.1 Å². The maximum absolute atomic E-state index is 12.5. The summed E-state index contributed by atoms with van der Waals surface area (Å²) < 4.78 is 0. The van der Waals surface area contributed by atoms with Gasteiger partial charge in [-0.1, -0.05) is 12.8 Å². The van der Waals surface area contributed by atoms with Crippen molar-refractivity contribution in [2.75, 3.05) is 6.54 Å². The zero-order valence-corrected chi connectivity index (χ0v) is 12.9. The molecule has 1 fully saturated rings. The summed E-state index contributed by atoms with van der Waals surface area (Å²) in [7, 11) is 0. The highest BCUT2D eigenvalue weighted by molar-refractivity contribution is 7.10. The van der Waals surface area contributed by atoms with E-state index in [0.29, 0.717) is 12.8 Å². The quantitative estimate of drug-likeness (QED) is 0.899. The van der Waals surface area contributed by atoms with E-state index < -0.39 is 11.4 Å². The Kier molecular flexibility index (Phi) is 4.02. The van der Waals surface area contributed by atoms with E-state index in [9.17, 15) is 14.7 Å². The summed E-state index contributed by atoms with van der Waals surface area (Å²) in [6, 6.07) is 2.05. The van der Waals surface area contributed by atoms with Crippen LogP contribution in [0.15, 0.2) is 11.4 Å².